The van der Waals surface area contributed by atoms with Crippen molar-refractivity contribution in [3.8, 4) is 0 Å². The van der Waals surface area contributed by atoms with Crippen LogP contribution in [0, 0.1) is 0 Å². The summed E-state index contributed by atoms with van der Waals surface area (Å²) in [4.78, 5) is 13.8. The summed E-state index contributed by atoms with van der Waals surface area (Å²) in [7, 11) is 0. The maximum Gasteiger partial charge on any atom is 0.234 e. The van der Waals surface area contributed by atoms with Crippen LogP contribution in [0.4, 0.5) is 0 Å². The number of aromatic nitrogens is 2. The molecule has 0 radical (unpaired) electrons. The molecule has 1 N–H and O–H groups in total. The molecule has 0 spiro atoms. The van der Waals surface area contributed by atoms with Gasteiger partial charge in [-0.25, -0.2) is 0 Å². The molecule has 1 aromatic heterocycles. The Balaban J connectivity index is 1.41. The summed E-state index contributed by atoms with van der Waals surface area (Å²) in [6, 6.07) is 10.6. The van der Waals surface area contributed by atoms with Crippen LogP contribution < -0.4 is 5.32 Å². The number of amides is 1. The minimum atomic E-state index is 0.0453. The third-order valence-electron chi connectivity index (χ3n) is 5.52. The zero-order chi connectivity index (χ0) is 18.6. The first-order chi connectivity index (χ1) is 13.3. The van der Waals surface area contributed by atoms with Crippen LogP contribution >= 0.6 is 11.6 Å². The lowest BCUT2D eigenvalue weighted by molar-refractivity contribution is -0.135. The third-order valence-corrected chi connectivity index (χ3v) is 5.78. The maximum absolute atomic E-state index is 12.0. The van der Waals surface area contributed by atoms with E-state index in [1.54, 1.807) is 0 Å². The van der Waals surface area contributed by atoms with Gasteiger partial charge in [0.05, 0.1) is 12.0 Å². The summed E-state index contributed by atoms with van der Waals surface area (Å²) in [6.07, 6.45) is 3.47. The van der Waals surface area contributed by atoms with Crippen molar-refractivity contribution in [1.82, 2.24) is 20.4 Å². The van der Waals surface area contributed by atoms with Gasteiger partial charge in [-0.1, -0.05) is 30.3 Å². The van der Waals surface area contributed by atoms with Gasteiger partial charge in [-0.2, -0.15) is 0 Å². The number of halogens is 1. The smallest absolute Gasteiger partial charge is 0.234 e. The van der Waals surface area contributed by atoms with E-state index in [0.717, 1.165) is 25.8 Å². The Morgan fingerprint density at radius 2 is 2.00 bits per heavy atom. The molecule has 2 aromatic rings. The van der Waals surface area contributed by atoms with Crippen LogP contribution in [-0.4, -0.2) is 46.5 Å². The van der Waals surface area contributed by atoms with Gasteiger partial charge in [-0.15, -0.1) is 21.8 Å². The predicted octanol–water partition coefficient (Wildman–Crippen LogP) is 3.22. The number of piperidine rings is 1. The Morgan fingerprint density at radius 3 is 2.78 bits per heavy atom. The molecule has 1 aromatic carbocycles. The van der Waals surface area contributed by atoms with Crippen LogP contribution in [0.1, 0.15) is 60.9 Å². The van der Waals surface area contributed by atoms with E-state index in [1.807, 2.05) is 11.0 Å². The molecular weight excluding hydrogens is 364 g/mol. The highest BCUT2D eigenvalue weighted by Crippen LogP contribution is 2.37. The fourth-order valence-electron chi connectivity index (χ4n) is 3.96. The summed E-state index contributed by atoms with van der Waals surface area (Å²) in [6.45, 7) is 2.27. The Bertz CT molecular complexity index is 760. The number of nitrogens with one attached hydrogen (secondary N) is 1. The van der Waals surface area contributed by atoms with Gasteiger partial charge in [-0.3, -0.25) is 4.79 Å². The third kappa shape index (κ3) is 4.01. The van der Waals surface area contributed by atoms with Gasteiger partial charge in [0.1, 0.15) is 0 Å². The van der Waals surface area contributed by atoms with E-state index in [1.165, 1.54) is 5.56 Å². The average Bonchev–Trinajstić information content (AvgIpc) is 3.15. The van der Waals surface area contributed by atoms with Gasteiger partial charge in [-0.05, 0) is 31.4 Å². The second-order valence-electron chi connectivity index (χ2n) is 7.36. The zero-order valence-electron chi connectivity index (χ0n) is 15.3. The van der Waals surface area contributed by atoms with Crippen molar-refractivity contribution in [2.24, 2.45) is 0 Å². The Morgan fingerprint density at radius 1 is 1.22 bits per heavy atom. The predicted molar refractivity (Wildman–Crippen MR) is 103 cm³/mol. The molecule has 4 rings (SSSR count). The fourth-order valence-corrected chi connectivity index (χ4v) is 4.09. The summed E-state index contributed by atoms with van der Waals surface area (Å²) in [5.41, 5.74) is 1.30. The SMILES string of the molecule is O=C(CCCCl)N1CC(c2nnc([C@H]3NCCC[C@H]3c3ccccc3)o2)C1. The van der Waals surface area contributed by atoms with Crippen molar-refractivity contribution in [3.05, 3.63) is 47.7 Å². The second kappa shape index (κ2) is 8.40. The van der Waals surface area contributed by atoms with Gasteiger partial charge in [0.2, 0.25) is 17.7 Å². The van der Waals surface area contributed by atoms with Gasteiger partial charge < -0.3 is 14.6 Å². The van der Waals surface area contributed by atoms with Crippen molar-refractivity contribution < 1.29 is 9.21 Å². The number of carbonyl (C=O) groups excluding carboxylic acids is 1. The standard InChI is InChI=1S/C20H25ClN4O2/c21-10-4-9-17(26)25-12-15(13-25)19-23-24-20(27-19)18-16(8-5-11-22-18)14-6-2-1-3-7-14/h1-3,6-7,15-16,18,22H,4-5,8-13H2/t16-,18-/m0/s1. The molecule has 0 aliphatic carbocycles. The first-order valence-electron chi connectivity index (χ1n) is 9.71. The van der Waals surface area contributed by atoms with E-state index in [9.17, 15) is 4.79 Å². The molecule has 7 heteroatoms. The topological polar surface area (TPSA) is 71.3 Å². The van der Waals surface area contributed by atoms with E-state index in [4.69, 9.17) is 16.0 Å². The van der Waals surface area contributed by atoms with Gasteiger partial charge in [0, 0.05) is 31.3 Å². The first kappa shape index (κ1) is 18.4. The number of hydrogen-bond donors (Lipinski definition) is 1. The van der Waals surface area contributed by atoms with Crippen LogP contribution in [0.15, 0.2) is 34.7 Å². The van der Waals surface area contributed by atoms with Crippen LogP contribution in [0.3, 0.4) is 0 Å². The van der Waals surface area contributed by atoms with Crippen LogP contribution in [0.2, 0.25) is 0 Å². The lowest BCUT2D eigenvalue weighted by Gasteiger charge is -2.37. The quantitative estimate of drug-likeness (QED) is 0.769. The molecule has 2 saturated heterocycles. The highest BCUT2D eigenvalue weighted by atomic mass is 35.5. The summed E-state index contributed by atoms with van der Waals surface area (Å²) in [5, 5.41) is 12.2. The number of hydrogen-bond acceptors (Lipinski definition) is 5. The maximum atomic E-state index is 12.0. The summed E-state index contributed by atoms with van der Waals surface area (Å²) in [5.74, 6) is 2.46. The Kier molecular flexibility index (Phi) is 5.74. The minimum absolute atomic E-state index is 0.0453. The molecule has 27 heavy (non-hydrogen) atoms. The van der Waals surface area contributed by atoms with Crippen molar-refractivity contribution in [2.75, 3.05) is 25.5 Å². The minimum Gasteiger partial charge on any atom is -0.423 e. The molecular formula is C20H25ClN4O2. The largest absolute Gasteiger partial charge is 0.423 e. The fraction of sp³-hybridized carbons (Fsp3) is 0.550. The van der Waals surface area contributed by atoms with Crippen molar-refractivity contribution >= 4 is 17.5 Å². The number of rotatable bonds is 6. The van der Waals surface area contributed by atoms with Gasteiger partial charge in [0.25, 0.3) is 0 Å². The molecule has 0 unspecified atom stereocenters. The lowest BCUT2D eigenvalue weighted by Crippen LogP contribution is -2.48. The molecule has 0 saturated carbocycles. The van der Waals surface area contributed by atoms with Crippen LogP contribution in [0.25, 0.3) is 0 Å². The molecule has 6 nitrogen and oxygen atoms in total. The molecule has 2 fully saturated rings. The molecule has 1 amide bonds. The highest BCUT2D eigenvalue weighted by molar-refractivity contribution is 6.17. The van der Waals surface area contributed by atoms with E-state index in [2.05, 4.69) is 39.8 Å². The van der Waals surface area contributed by atoms with Gasteiger partial charge in [0.15, 0.2) is 0 Å². The van der Waals surface area contributed by atoms with E-state index in [0.29, 0.717) is 43.1 Å². The summed E-state index contributed by atoms with van der Waals surface area (Å²) >= 11 is 5.66. The monoisotopic (exact) mass is 388 g/mol. The zero-order valence-corrected chi connectivity index (χ0v) is 16.1. The Hall–Kier alpha value is -1.92. The number of benzene rings is 1. The number of carbonyl (C=O) groups is 1. The second-order valence-corrected chi connectivity index (χ2v) is 7.74. The average molecular weight is 389 g/mol. The van der Waals surface area contributed by atoms with Crippen LogP contribution in [-0.2, 0) is 4.79 Å². The van der Waals surface area contributed by atoms with Gasteiger partial charge >= 0.3 is 0 Å². The summed E-state index contributed by atoms with van der Waals surface area (Å²) < 4.78 is 6.04. The van der Waals surface area contributed by atoms with E-state index < -0.39 is 0 Å². The number of alkyl halides is 1. The normalized spacial score (nSPS) is 23.2. The molecule has 144 valence electrons. The molecule has 2 aliphatic rings. The number of nitrogens with zero attached hydrogens (tertiary/aromatic N) is 3. The van der Waals surface area contributed by atoms with E-state index in [-0.39, 0.29) is 17.9 Å². The molecule has 2 aliphatic heterocycles. The Labute approximate surface area is 164 Å². The number of likely N-dealkylation sites (tertiary alicyclic amines) is 1. The lowest BCUT2D eigenvalue weighted by atomic mass is 9.85. The van der Waals surface area contributed by atoms with Crippen molar-refractivity contribution in [1.29, 1.82) is 0 Å². The molecule has 2 atom stereocenters. The first-order valence-corrected chi connectivity index (χ1v) is 10.2. The highest BCUT2D eigenvalue weighted by Gasteiger charge is 2.37. The molecule has 0 bridgehead atoms. The van der Waals surface area contributed by atoms with Crippen molar-refractivity contribution in [2.45, 2.75) is 43.6 Å². The van der Waals surface area contributed by atoms with Crippen molar-refractivity contribution in [3.63, 3.8) is 0 Å². The van der Waals surface area contributed by atoms with E-state index >= 15 is 0 Å². The molecule has 3 heterocycles. The van der Waals surface area contributed by atoms with Crippen LogP contribution in [0.5, 0.6) is 0 Å².